The summed E-state index contributed by atoms with van der Waals surface area (Å²) in [5, 5.41) is 19.3. The number of hydrogen-bond acceptors (Lipinski definition) is 3. The van der Waals surface area contributed by atoms with Gasteiger partial charge in [-0.1, -0.05) is 13.8 Å². The summed E-state index contributed by atoms with van der Waals surface area (Å²) in [6, 6.07) is 0. The molecule has 0 aliphatic carbocycles. The van der Waals surface area contributed by atoms with Crippen LogP contribution < -0.4 is 0 Å². The van der Waals surface area contributed by atoms with Gasteiger partial charge in [0.05, 0.1) is 12.2 Å². The molecule has 0 bridgehead atoms. The molecule has 0 aromatic rings. The Morgan fingerprint density at radius 2 is 1.57 bits per heavy atom. The summed E-state index contributed by atoms with van der Waals surface area (Å²) in [5.41, 5.74) is -0.889. The Balaban J connectivity index is 4.36. The molecule has 0 aliphatic rings. The van der Waals surface area contributed by atoms with Gasteiger partial charge in [0.15, 0.2) is 0 Å². The normalized spacial score (nSPS) is 13.7. The number of aliphatic hydroxyl groups is 2. The van der Waals surface area contributed by atoms with Gasteiger partial charge in [-0.25, -0.2) is 0 Å². The van der Waals surface area contributed by atoms with Crippen LogP contribution in [0, 0.1) is 0 Å². The van der Waals surface area contributed by atoms with Gasteiger partial charge >= 0.3 is 0 Å². The first-order chi connectivity index (χ1) is 6.31. The second kappa shape index (κ2) is 5.10. The lowest BCUT2D eigenvalue weighted by molar-refractivity contribution is -0.0327. The fraction of sp³-hybridized carbons (Fsp3) is 1.00. The van der Waals surface area contributed by atoms with E-state index in [0.717, 1.165) is 12.8 Å². The third-order valence-corrected chi connectivity index (χ3v) is 3.27. The van der Waals surface area contributed by atoms with Crippen LogP contribution in [-0.4, -0.2) is 46.5 Å². The van der Waals surface area contributed by atoms with Crippen molar-refractivity contribution in [2.45, 2.75) is 51.7 Å². The molecule has 0 spiro atoms. The van der Waals surface area contributed by atoms with E-state index >= 15 is 0 Å². The van der Waals surface area contributed by atoms with E-state index in [1.165, 1.54) is 0 Å². The predicted octanol–water partition coefficient (Wildman–Crippen LogP) is 1.24. The van der Waals surface area contributed by atoms with Crippen LogP contribution in [0.1, 0.15) is 40.5 Å². The van der Waals surface area contributed by atoms with Gasteiger partial charge in [0.25, 0.3) is 0 Å². The van der Waals surface area contributed by atoms with Crippen LogP contribution >= 0.6 is 0 Å². The van der Waals surface area contributed by atoms with Gasteiger partial charge in [-0.15, -0.1) is 0 Å². The van der Waals surface area contributed by atoms with Crippen LogP contribution in [0.15, 0.2) is 0 Å². The van der Waals surface area contributed by atoms with Crippen LogP contribution in [0.5, 0.6) is 0 Å². The minimum Gasteiger partial charge on any atom is -0.394 e. The first-order valence-corrected chi connectivity index (χ1v) is 5.36. The smallest absolute Gasteiger partial charge is 0.0769 e. The summed E-state index contributed by atoms with van der Waals surface area (Å²) in [6.07, 6.45) is 1.49. The molecule has 0 aromatic heterocycles. The maximum absolute atomic E-state index is 10.1. The van der Waals surface area contributed by atoms with Crippen molar-refractivity contribution in [3.8, 4) is 0 Å². The fourth-order valence-electron chi connectivity index (χ4n) is 1.25. The van der Waals surface area contributed by atoms with E-state index in [2.05, 4.69) is 0 Å². The molecule has 0 atom stereocenters. The van der Waals surface area contributed by atoms with Crippen molar-refractivity contribution in [3.63, 3.8) is 0 Å². The van der Waals surface area contributed by atoms with Crippen LogP contribution in [-0.2, 0) is 0 Å². The molecule has 0 saturated carbocycles. The van der Waals surface area contributed by atoms with Crippen LogP contribution in [0.25, 0.3) is 0 Å². The van der Waals surface area contributed by atoms with Crippen molar-refractivity contribution < 1.29 is 10.2 Å². The van der Waals surface area contributed by atoms with Crippen LogP contribution in [0.3, 0.4) is 0 Å². The maximum atomic E-state index is 10.1. The Morgan fingerprint density at radius 1 is 1.14 bits per heavy atom. The highest BCUT2D eigenvalue weighted by Crippen LogP contribution is 2.20. The van der Waals surface area contributed by atoms with E-state index in [-0.39, 0.29) is 12.1 Å². The van der Waals surface area contributed by atoms with Gasteiger partial charge in [0, 0.05) is 12.1 Å². The van der Waals surface area contributed by atoms with Crippen molar-refractivity contribution in [1.29, 1.82) is 0 Å². The molecule has 0 aromatic carbocycles. The summed E-state index contributed by atoms with van der Waals surface area (Å²) >= 11 is 0. The first-order valence-electron chi connectivity index (χ1n) is 5.36. The molecule has 2 N–H and O–H groups in total. The molecule has 0 amide bonds. The number of likely N-dealkylation sites (N-methyl/N-ethyl adjacent to an activating group) is 1. The molecule has 3 heteroatoms. The number of hydrogen-bond donors (Lipinski definition) is 2. The SMILES string of the molecule is CCC(O)(CC)CN(C)C(C)(C)CO. The lowest BCUT2D eigenvalue weighted by Gasteiger charge is -2.39. The topological polar surface area (TPSA) is 43.7 Å². The lowest BCUT2D eigenvalue weighted by atomic mass is 9.94. The second-order valence-corrected chi connectivity index (χ2v) is 4.76. The van der Waals surface area contributed by atoms with E-state index < -0.39 is 5.60 Å². The van der Waals surface area contributed by atoms with Crippen molar-refractivity contribution in [1.82, 2.24) is 4.90 Å². The first kappa shape index (κ1) is 13.9. The van der Waals surface area contributed by atoms with E-state index in [1.54, 1.807) is 0 Å². The summed E-state index contributed by atoms with van der Waals surface area (Å²) in [6.45, 7) is 8.63. The minimum atomic E-state index is -0.624. The molecular formula is C11H25NO2. The zero-order valence-corrected chi connectivity index (χ0v) is 10.2. The molecule has 86 valence electrons. The third kappa shape index (κ3) is 3.56. The predicted molar refractivity (Wildman–Crippen MR) is 59.3 cm³/mol. The van der Waals surface area contributed by atoms with Gasteiger partial charge in [-0.2, -0.15) is 0 Å². The molecule has 0 heterocycles. The Bertz CT molecular complexity index is 165. The fourth-order valence-corrected chi connectivity index (χ4v) is 1.25. The Kier molecular flexibility index (Phi) is 5.06. The van der Waals surface area contributed by atoms with Crippen LogP contribution in [0.2, 0.25) is 0 Å². The van der Waals surface area contributed by atoms with E-state index in [4.69, 9.17) is 0 Å². The molecule has 14 heavy (non-hydrogen) atoms. The minimum absolute atomic E-state index is 0.104. The van der Waals surface area contributed by atoms with Crippen molar-refractivity contribution in [2.24, 2.45) is 0 Å². The van der Waals surface area contributed by atoms with Crippen LogP contribution in [0.4, 0.5) is 0 Å². The highest BCUT2D eigenvalue weighted by atomic mass is 16.3. The monoisotopic (exact) mass is 203 g/mol. The van der Waals surface area contributed by atoms with Gasteiger partial charge in [0.1, 0.15) is 0 Å². The maximum Gasteiger partial charge on any atom is 0.0769 e. The van der Waals surface area contributed by atoms with Gasteiger partial charge in [-0.3, -0.25) is 4.90 Å². The Labute approximate surface area is 87.7 Å². The number of aliphatic hydroxyl groups excluding tert-OH is 1. The van der Waals surface area contributed by atoms with Gasteiger partial charge < -0.3 is 10.2 Å². The number of nitrogens with zero attached hydrogens (tertiary/aromatic N) is 1. The Morgan fingerprint density at radius 3 is 1.86 bits per heavy atom. The van der Waals surface area contributed by atoms with Gasteiger partial charge in [0.2, 0.25) is 0 Å². The van der Waals surface area contributed by atoms with Crippen molar-refractivity contribution >= 4 is 0 Å². The van der Waals surface area contributed by atoms with E-state index in [1.807, 2.05) is 39.6 Å². The second-order valence-electron chi connectivity index (χ2n) is 4.76. The summed E-state index contributed by atoms with van der Waals surface area (Å²) in [7, 11) is 1.94. The molecule has 0 fully saturated rings. The lowest BCUT2D eigenvalue weighted by Crippen LogP contribution is -2.51. The average Bonchev–Trinajstić information content (AvgIpc) is 2.17. The van der Waals surface area contributed by atoms with E-state index in [0.29, 0.717) is 6.54 Å². The molecule has 0 saturated heterocycles. The Hall–Kier alpha value is -0.120. The highest BCUT2D eigenvalue weighted by molar-refractivity contribution is 4.85. The standard InChI is InChI=1S/C11H25NO2/c1-6-11(14,7-2)8-12(5)10(3,4)9-13/h13-14H,6-9H2,1-5H3. The van der Waals surface area contributed by atoms with Crippen molar-refractivity contribution in [2.75, 3.05) is 20.2 Å². The highest BCUT2D eigenvalue weighted by Gasteiger charge is 2.30. The molecule has 0 unspecified atom stereocenters. The average molecular weight is 203 g/mol. The molecular weight excluding hydrogens is 178 g/mol. The zero-order valence-electron chi connectivity index (χ0n) is 10.2. The largest absolute Gasteiger partial charge is 0.394 e. The number of rotatable bonds is 6. The molecule has 0 radical (unpaired) electrons. The summed E-state index contributed by atoms with van der Waals surface area (Å²) in [4.78, 5) is 2.01. The summed E-state index contributed by atoms with van der Waals surface area (Å²) in [5.74, 6) is 0. The number of β-amino-alcohol motifs (C(OH)–C–C–N with tert-alkyl or cyclic N) is 1. The quantitative estimate of drug-likeness (QED) is 0.682. The third-order valence-electron chi connectivity index (χ3n) is 3.27. The van der Waals surface area contributed by atoms with Gasteiger partial charge in [-0.05, 0) is 33.7 Å². The van der Waals surface area contributed by atoms with Crippen molar-refractivity contribution in [3.05, 3.63) is 0 Å². The zero-order chi connectivity index (χ0) is 11.4. The summed E-state index contributed by atoms with van der Waals surface area (Å²) < 4.78 is 0. The molecule has 0 aliphatic heterocycles. The molecule has 3 nitrogen and oxygen atoms in total. The van der Waals surface area contributed by atoms with E-state index in [9.17, 15) is 10.2 Å². The molecule has 0 rings (SSSR count).